The first-order valence-corrected chi connectivity index (χ1v) is 4.24. The fraction of sp³-hybridized carbons (Fsp3) is 0.778. The second-order valence-electron chi connectivity index (χ2n) is 3.22. The van der Waals surface area contributed by atoms with E-state index in [-0.39, 0.29) is 6.04 Å². The molecule has 1 saturated carbocycles. The van der Waals surface area contributed by atoms with Crippen molar-refractivity contribution in [1.29, 1.82) is 0 Å². The molecule has 2 heteroatoms. The van der Waals surface area contributed by atoms with Gasteiger partial charge in [-0.15, -0.1) is 6.42 Å². The molecule has 1 aliphatic carbocycles. The van der Waals surface area contributed by atoms with Crippen LogP contribution in [-0.4, -0.2) is 18.1 Å². The number of hydrogen-bond acceptors (Lipinski definition) is 2. The summed E-state index contributed by atoms with van der Waals surface area (Å²) < 4.78 is 0. The number of nitrogens with one attached hydrogen (secondary N) is 1. The zero-order valence-corrected chi connectivity index (χ0v) is 7.01. The van der Waals surface area contributed by atoms with Gasteiger partial charge in [-0.3, -0.25) is 0 Å². The van der Waals surface area contributed by atoms with E-state index in [9.17, 15) is 0 Å². The number of terminal acetylenes is 1. The van der Waals surface area contributed by atoms with Gasteiger partial charge in [0.2, 0.25) is 0 Å². The van der Waals surface area contributed by atoms with Crippen LogP contribution >= 0.6 is 0 Å². The maximum atomic E-state index is 5.64. The summed E-state index contributed by atoms with van der Waals surface area (Å²) in [6.07, 6.45) is 8.47. The van der Waals surface area contributed by atoms with E-state index in [2.05, 4.69) is 18.2 Å². The lowest BCUT2D eigenvalue weighted by Gasteiger charge is -2.34. The second-order valence-corrected chi connectivity index (χ2v) is 3.22. The molecule has 1 rings (SSSR count). The summed E-state index contributed by atoms with van der Waals surface area (Å²) in [7, 11) is 0. The van der Waals surface area contributed by atoms with Gasteiger partial charge in [0.15, 0.2) is 0 Å². The minimum absolute atomic E-state index is 0.243. The Morgan fingerprint density at radius 3 is 2.73 bits per heavy atom. The van der Waals surface area contributed by atoms with E-state index in [0.29, 0.717) is 12.1 Å². The molecule has 0 amide bonds. The standard InChI is InChI=1S/C9H16N2/c1-3-8(4-2)11-9-5-7(10)6-9/h1,7-9,11H,4-6,10H2,2H3. The molecule has 0 aromatic heterocycles. The molecular formula is C9H16N2. The molecule has 1 unspecified atom stereocenters. The summed E-state index contributed by atoms with van der Waals surface area (Å²) in [5.74, 6) is 2.71. The van der Waals surface area contributed by atoms with Crippen molar-refractivity contribution in [3.8, 4) is 12.3 Å². The van der Waals surface area contributed by atoms with Crippen LogP contribution in [0, 0.1) is 12.3 Å². The Bertz CT molecular complexity index is 153. The molecule has 0 aromatic carbocycles. The Morgan fingerprint density at radius 2 is 2.36 bits per heavy atom. The van der Waals surface area contributed by atoms with E-state index in [1.165, 1.54) is 0 Å². The Hall–Kier alpha value is -0.520. The van der Waals surface area contributed by atoms with Crippen LogP contribution in [0.15, 0.2) is 0 Å². The summed E-state index contributed by atoms with van der Waals surface area (Å²) >= 11 is 0. The van der Waals surface area contributed by atoms with Crippen molar-refractivity contribution >= 4 is 0 Å². The molecular weight excluding hydrogens is 136 g/mol. The first kappa shape index (κ1) is 8.58. The lowest BCUT2D eigenvalue weighted by molar-refractivity contribution is 0.279. The highest BCUT2D eigenvalue weighted by Crippen LogP contribution is 2.18. The lowest BCUT2D eigenvalue weighted by Crippen LogP contribution is -2.51. The normalized spacial score (nSPS) is 32.1. The first-order chi connectivity index (χ1) is 5.26. The average molecular weight is 152 g/mol. The minimum Gasteiger partial charge on any atom is -0.328 e. The van der Waals surface area contributed by atoms with Crippen LogP contribution in [0.2, 0.25) is 0 Å². The zero-order chi connectivity index (χ0) is 8.27. The van der Waals surface area contributed by atoms with Gasteiger partial charge in [-0.05, 0) is 19.3 Å². The molecule has 0 radical (unpaired) electrons. The van der Waals surface area contributed by atoms with Crippen molar-refractivity contribution in [3.05, 3.63) is 0 Å². The van der Waals surface area contributed by atoms with Crippen molar-refractivity contribution in [3.63, 3.8) is 0 Å². The van der Waals surface area contributed by atoms with Crippen LogP contribution in [0.25, 0.3) is 0 Å². The van der Waals surface area contributed by atoms with Crippen LogP contribution in [0.3, 0.4) is 0 Å². The van der Waals surface area contributed by atoms with E-state index in [1.54, 1.807) is 0 Å². The molecule has 1 atom stereocenters. The predicted octanol–water partition coefficient (Wildman–Crippen LogP) is 0.477. The van der Waals surface area contributed by atoms with Gasteiger partial charge in [-0.2, -0.15) is 0 Å². The molecule has 0 saturated heterocycles. The fourth-order valence-electron chi connectivity index (χ4n) is 1.37. The van der Waals surface area contributed by atoms with Crippen LogP contribution in [0.4, 0.5) is 0 Å². The molecule has 0 aliphatic heterocycles. The Balaban J connectivity index is 2.16. The van der Waals surface area contributed by atoms with Crippen molar-refractivity contribution in [2.75, 3.05) is 0 Å². The summed E-state index contributed by atoms with van der Waals surface area (Å²) in [5.41, 5.74) is 5.64. The smallest absolute Gasteiger partial charge is 0.0686 e. The van der Waals surface area contributed by atoms with Crippen molar-refractivity contribution in [2.24, 2.45) is 5.73 Å². The number of hydrogen-bond donors (Lipinski definition) is 2. The van der Waals surface area contributed by atoms with Crippen LogP contribution in [-0.2, 0) is 0 Å². The second kappa shape index (κ2) is 3.75. The van der Waals surface area contributed by atoms with Gasteiger partial charge in [0, 0.05) is 12.1 Å². The summed E-state index contributed by atoms with van der Waals surface area (Å²) in [6.45, 7) is 2.09. The highest BCUT2D eigenvalue weighted by molar-refractivity contribution is 5.01. The topological polar surface area (TPSA) is 38.0 Å². The molecule has 3 N–H and O–H groups in total. The third kappa shape index (κ3) is 2.21. The fourth-order valence-corrected chi connectivity index (χ4v) is 1.37. The van der Waals surface area contributed by atoms with Crippen molar-refractivity contribution < 1.29 is 0 Å². The van der Waals surface area contributed by atoms with E-state index in [4.69, 9.17) is 12.2 Å². The van der Waals surface area contributed by atoms with Gasteiger partial charge in [0.05, 0.1) is 6.04 Å². The van der Waals surface area contributed by atoms with Gasteiger partial charge < -0.3 is 11.1 Å². The molecule has 1 fully saturated rings. The Kier molecular flexibility index (Phi) is 2.92. The van der Waals surface area contributed by atoms with Gasteiger partial charge in [0.25, 0.3) is 0 Å². The molecule has 1 aliphatic rings. The minimum atomic E-state index is 0.243. The molecule has 11 heavy (non-hydrogen) atoms. The molecule has 2 nitrogen and oxygen atoms in total. The highest BCUT2D eigenvalue weighted by Gasteiger charge is 2.26. The van der Waals surface area contributed by atoms with Gasteiger partial charge in [0.1, 0.15) is 0 Å². The van der Waals surface area contributed by atoms with E-state index in [1.807, 2.05) is 0 Å². The molecule has 0 heterocycles. The SMILES string of the molecule is C#CC(CC)NC1CC(N)C1. The van der Waals surface area contributed by atoms with Crippen LogP contribution < -0.4 is 11.1 Å². The predicted molar refractivity (Wildman–Crippen MR) is 47.0 cm³/mol. The van der Waals surface area contributed by atoms with Crippen LogP contribution in [0.5, 0.6) is 0 Å². The quantitative estimate of drug-likeness (QED) is 0.577. The average Bonchev–Trinajstić information content (AvgIpc) is 1.96. The maximum Gasteiger partial charge on any atom is 0.0686 e. The Labute approximate surface area is 68.5 Å². The Morgan fingerprint density at radius 1 is 1.73 bits per heavy atom. The highest BCUT2D eigenvalue weighted by atomic mass is 15.0. The van der Waals surface area contributed by atoms with Crippen molar-refractivity contribution in [2.45, 2.75) is 44.3 Å². The largest absolute Gasteiger partial charge is 0.328 e. The van der Waals surface area contributed by atoms with Gasteiger partial charge in [-0.1, -0.05) is 12.8 Å². The lowest BCUT2D eigenvalue weighted by atomic mass is 9.87. The summed E-state index contributed by atoms with van der Waals surface area (Å²) in [6, 6.07) is 1.22. The molecule has 0 aromatic rings. The summed E-state index contributed by atoms with van der Waals surface area (Å²) in [5, 5.41) is 3.37. The number of nitrogens with two attached hydrogens (primary N) is 1. The van der Waals surface area contributed by atoms with E-state index < -0.39 is 0 Å². The van der Waals surface area contributed by atoms with Crippen molar-refractivity contribution in [1.82, 2.24) is 5.32 Å². The monoisotopic (exact) mass is 152 g/mol. The molecule has 62 valence electrons. The third-order valence-corrected chi connectivity index (χ3v) is 2.22. The molecule has 0 bridgehead atoms. The maximum absolute atomic E-state index is 5.64. The first-order valence-electron chi connectivity index (χ1n) is 4.24. The summed E-state index contributed by atoms with van der Waals surface area (Å²) in [4.78, 5) is 0. The van der Waals surface area contributed by atoms with Crippen LogP contribution in [0.1, 0.15) is 26.2 Å². The zero-order valence-electron chi connectivity index (χ0n) is 7.01. The third-order valence-electron chi connectivity index (χ3n) is 2.22. The van der Waals surface area contributed by atoms with Gasteiger partial charge in [-0.25, -0.2) is 0 Å². The van der Waals surface area contributed by atoms with E-state index >= 15 is 0 Å². The number of rotatable bonds is 3. The van der Waals surface area contributed by atoms with E-state index in [0.717, 1.165) is 19.3 Å². The van der Waals surface area contributed by atoms with Gasteiger partial charge >= 0.3 is 0 Å². The molecule has 0 spiro atoms.